The number of hydrogen-bond donors (Lipinski definition) is 0. The summed E-state index contributed by atoms with van der Waals surface area (Å²) in [4.78, 5) is 26.0. The summed E-state index contributed by atoms with van der Waals surface area (Å²) in [5.41, 5.74) is 0.739. The van der Waals surface area contributed by atoms with Gasteiger partial charge in [-0.25, -0.2) is 13.2 Å². The van der Waals surface area contributed by atoms with Crippen molar-refractivity contribution in [1.29, 1.82) is 0 Å². The zero-order valence-corrected chi connectivity index (χ0v) is 17.0. The first-order valence-corrected chi connectivity index (χ1v) is 11.0. The Hall–Kier alpha value is -1.86. The fourth-order valence-corrected chi connectivity index (χ4v) is 4.94. The van der Waals surface area contributed by atoms with Crippen LogP contribution in [-0.2, 0) is 24.2 Å². The zero-order chi connectivity index (χ0) is 20.0. The summed E-state index contributed by atoms with van der Waals surface area (Å²) >= 11 is 5.88. The van der Waals surface area contributed by atoms with Crippen LogP contribution < -0.4 is 0 Å². The van der Waals surface area contributed by atoms with Crippen molar-refractivity contribution < 1.29 is 22.7 Å². The third-order valence-electron chi connectivity index (χ3n) is 4.55. The second kappa shape index (κ2) is 9.37. The van der Waals surface area contributed by atoms with E-state index in [0.717, 1.165) is 5.56 Å². The molecule has 1 aromatic carbocycles. The average molecular weight is 414 g/mol. The maximum Gasteiger partial charge on any atom is 0.331 e. The molecule has 1 aliphatic heterocycles. The molecule has 1 aromatic rings. The normalized spacial score (nSPS) is 19.7. The summed E-state index contributed by atoms with van der Waals surface area (Å²) in [6, 6.07) is 6.47. The van der Waals surface area contributed by atoms with E-state index >= 15 is 0 Å². The number of sulfone groups is 1. The molecular formula is C19H24ClNO5S. The molecule has 0 aliphatic carbocycles. The summed E-state index contributed by atoms with van der Waals surface area (Å²) < 4.78 is 28.5. The topological polar surface area (TPSA) is 80.8 Å². The number of carbonyl (C=O) groups excluding carboxylic acids is 2. The molecule has 2 rings (SSSR count). The van der Waals surface area contributed by atoms with Crippen LogP contribution in [0.2, 0.25) is 5.02 Å². The lowest BCUT2D eigenvalue weighted by atomic mass is 10.1. The lowest BCUT2D eigenvalue weighted by Crippen LogP contribution is -2.48. The molecule has 8 heteroatoms. The van der Waals surface area contributed by atoms with Gasteiger partial charge in [0.25, 0.3) is 5.91 Å². The van der Waals surface area contributed by atoms with Gasteiger partial charge in [0.1, 0.15) is 0 Å². The standard InChI is InChI=1S/C19H24ClNO5S/c1-3-14(2)21(17-9-10-27(24,25)13-17)18(22)12-26-19(23)8-7-15-5-4-6-16(20)11-15/h4-8,11,14,17H,3,9-10,12-13H2,1-2H3/b8-7+/t14-,17-/m0/s1. The van der Waals surface area contributed by atoms with Gasteiger partial charge < -0.3 is 9.64 Å². The second-order valence-corrected chi connectivity index (χ2v) is 9.28. The van der Waals surface area contributed by atoms with Crippen molar-refractivity contribution in [3.05, 3.63) is 40.9 Å². The van der Waals surface area contributed by atoms with Crippen LogP contribution in [-0.4, -0.2) is 55.4 Å². The predicted octanol–water partition coefficient (Wildman–Crippen LogP) is 2.71. The summed E-state index contributed by atoms with van der Waals surface area (Å²) in [5, 5.41) is 0.552. The number of halogens is 1. The van der Waals surface area contributed by atoms with E-state index in [4.69, 9.17) is 16.3 Å². The largest absolute Gasteiger partial charge is 0.452 e. The molecule has 1 heterocycles. The summed E-state index contributed by atoms with van der Waals surface area (Å²) in [7, 11) is -3.11. The molecule has 1 aliphatic rings. The van der Waals surface area contributed by atoms with Crippen molar-refractivity contribution in [2.75, 3.05) is 18.1 Å². The number of esters is 1. The van der Waals surface area contributed by atoms with Gasteiger partial charge in [-0.15, -0.1) is 0 Å². The quantitative estimate of drug-likeness (QED) is 0.507. The monoisotopic (exact) mass is 413 g/mol. The highest BCUT2D eigenvalue weighted by Crippen LogP contribution is 2.21. The predicted molar refractivity (Wildman–Crippen MR) is 105 cm³/mol. The summed E-state index contributed by atoms with van der Waals surface area (Å²) in [5.74, 6) is -0.978. The van der Waals surface area contributed by atoms with Crippen LogP contribution in [0.4, 0.5) is 0 Å². The van der Waals surface area contributed by atoms with Crippen molar-refractivity contribution >= 4 is 39.4 Å². The van der Waals surface area contributed by atoms with Gasteiger partial charge in [-0.05, 0) is 43.5 Å². The molecule has 0 unspecified atom stereocenters. The van der Waals surface area contributed by atoms with Crippen molar-refractivity contribution in [3.63, 3.8) is 0 Å². The van der Waals surface area contributed by atoms with Gasteiger partial charge >= 0.3 is 5.97 Å². The molecule has 0 bridgehead atoms. The Labute approximate surface area is 165 Å². The first kappa shape index (κ1) is 21.4. The molecule has 6 nitrogen and oxygen atoms in total. The van der Waals surface area contributed by atoms with Gasteiger partial charge in [0.05, 0.1) is 11.5 Å². The Morgan fingerprint density at radius 2 is 2.15 bits per heavy atom. The maximum atomic E-state index is 12.6. The number of carbonyl (C=O) groups is 2. The van der Waals surface area contributed by atoms with E-state index in [1.807, 2.05) is 13.8 Å². The molecular weight excluding hydrogens is 390 g/mol. The van der Waals surface area contributed by atoms with E-state index in [0.29, 0.717) is 17.9 Å². The third kappa shape index (κ3) is 6.36. The first-order chi connectivity index (χ1) is 12.7. The minimum absolute atomic E-state index is 0.0360. The Balaban J connectivity index is 1.95. The van der Waals surface area contributed by atoms with Crippen LogP contribution in [0.1, 0.15) is 32.3 Å². The minimum atomic E-state index is -3.11. The van der Waals surface area contributed by atoms with E-state index in [9.17, 15) is 18.0 Å². The van der Waals surface area contributed by atoms with E-state index in [2.05, 4.69) is 0 Å². The van der Waals surface area contributed by atoms with Gasteiger partial charge in [0, 0.05) is 23.2 Å². The van der Waals surface area contributed by atoms with Gasteiger partial charge in [-0.1, -0.05) is 30.7 Å². The van der Waals surface area contributed by atoms with Crippen molar-refractivity contribution in [2.24, 2.45) is 0 Å². The molecule has 0 spiro atoms. The lowest BCUT2D eigenvalue weighted by Gasteiger charge is -2.33. The second-order valence-electron chi connectivity index (χ2n) is 6.61. The Morgan fingerprint density at radius 1 is 1.41 bits per heavy atom. The van der Waals surface area contributed by atoms with Crippen LogP contribution in [0.5, 0.6) is 0 Å². The van der Waals surface area contributed by atoms with Crippen LogP contribution in [0, 0.1) is 0 Å². The molecule has 148 valence electrons. The number of rotatable bonds is 7. The highest BCUT2D eigenvalue weighted by atomic mass is 35.5. The number of amides is 1. The number of benzene rings is 1. The Kier molecular flexibility index (Phi) is 7.44. The van der Waals surface area contributed by atoms with Crippen molar-refractivity contribution in [3.8, 4) is 0 Å². The van der Waals surface area contributed by atoms with Crippen molar-refractivity contribution in [1.82, 2.24) is 4.90 Å². The molecule has 0 aromatic heterocycles. The molecule has 0 radical (unpaired) electrons. The van der Waals surface area contributed by atoms with Crippen LogP contribution in [0.25, 0.3) is 6.08 Å². The zero-order valence-electron chi connectivity index (χ0n) is 15.4. The van der Waals surface area contributed by atoms with Crippen LogP contribution in [0.3, 0.4) is 0 Å². The summed E-state index contributed by atoms with van der Waals surface area (Å²) in [6.07, 6.45) is 3.88. The highest BCUT2D eigenvalue weighted by Gasteiger charge is 2.36. The maximum absolute atomic E-state index is 12.6. The highest BCUT2D eigenvalue weighted by molar-refractivity contribution is 7.91. The third-order valence-corrected chi connectivity index (χ3v) is 6.54. The molecule has 27 heavy (non-hydrogen) atoms. The van der Waals surface area contributed by atoms with E-state index < -0.39 is 22.4 Å². The van der Waals surface area contributed by atoms with Gasteiger partial charge in [-0.2, -0.15) is 0 Å². The number of nitrogens with zero attached hydrogens (tertiary/aromatic N) is 1. The average Bonchev–Trinajstić information content (AvgIpc) is 2.97. The van der Waals surface area contributed by atoms with E-state index in [1.54, 1.807) is 35.2 Å². The molecule has 1 fully saturated rings. The van der Waals surface area contributed by atoms with E-state index in [1.165, 1.54) is 6.08 Å². The molecule has 1 amide bonds. The Bertz CT molecular complexity index is 821. The fraction of sp³-hybridized carbons (Fsp3) is 0.474. The van der Waals surface area contributed by atoms with E-state index in [-0.39, 0.29) is 29.5 Å². The lowest BCUT2D eigenvalue weighted by molar-refractivity contribution is -0.150. The minimum Gasteiger partial charge on any atom is -0.452 e. The molecule has 0 N–H and O–H groups in total. The molecule has 2 atom stereocenters. The Morgan fingerprint density at radius 3 is 2.74 bits per heavy atom. The SMILES string of the molecule is CC[C@H](C)N(C(=O)COC(=O)/C=C/c1cccc(Cl)c1)[C@H]1CCS(=O)(=O)C1. The molecule has 1 saturated heterocycles. The summed E-state index contributed by atoms with van der Waals surface area (Å²) in [6.45, 7) is 3.37. The van der Waals surface area contributed by atoms with Gasteiger partial charge in [0.15, 0.2) is 16.4 Å². The van der Waals surface area contributed by atoms with Crippen LogP contribution in [0.15, 0.2) is 30.3 Å². The van der Waals surface area contributed by atoms with Gasteiger partial charge in [0.2, 0.25) is 0 Å². The van der Waals surface area contributed by atoms with Crippen molar-refractivity contribution in [2.45, 2.75) is 38.8 Å². The van der Waals surface area contributed by atoms with Gasteiger partial charge in [-0.3, -0.25) is 4.79 Å². The smallest absolute Gasteiger partial charge is 0.331 e. The van der Waals surface area contributed by atoms with Crippen LogP contribution >= 0.6 is 11.6 Å². The number of ether oxygens (including phenoxy) is 1. The fourth-order valence-electron chi connectivity index (χ4n) is 3.03. The molecule has 0 saturated carbocycles. The number of hydrogen-bond acceptors (Lipinski definition) is 5. The first-order valence-electron chi connectivity index (χ1n) is 8.84.